The van der Waals surface area contributed by atoms with Crippen molar-refractivity contribution < 1.29 is 4.79 Å². The van der Waals surface area contributed by atoms with Crippen LogP contribution in [-0.4, -0.2) is 10.5 Å². The lowest BCUT2D eigenvalue weighted by molar-refractivity contribution is -0.112. The van der Waals surface area contributed by atoms with E-state index in [-0.39, 0.29) is 5.57 Å². The maximum atomic E-state index is 12.9. The molecule has 0 aliphatic rings. The van der Waals surface area contributed by atoms with Crippen molar-refractivity contribution in [2.75, 3.05) is 5.32 Å². The van der Waals surface area contributed by atoms with E-state index in [1.54, 1.807) is 6.08 Å². The van der Waals surface area contributed by atoms with Gasteiger partial charge in [-0.3, -0.25) is 4.79 Å². The minimum atomic E-state index is -0.428. The summed E-state index contributed by atoms with van der Waals surface area (Å²) in [5, 5.41) is 12.6. The molecule has 1 aromatic heterocycles. The molecule has 1 heterocycles. The van der Waals surface area contributed by atoms with Crippen molar-refractivity contribution in [1.82, 2.24) is 4.57 Å². The second-order valence-corrected chi connectivity index (χ2v) is 7.62. The van der Waals surface area contributed by atoms with Crippen LogP contribution in [0.15, 0.2) is 96.6 Å². The van der Waals surface area contributed by atoms with E-state index in [4.69, 9.17) is 0 Å². The second kappa shape index (κ2) is 9.20. The van der Waals surface area contributed by atoms with Gasteiger partial charge in [0, 0.05) is 22.6 Å². The fourth-order valence-electron chi connectivity index (χ4n) is 3.80. The number of aromatic nitrogens is 1. The normalized spacial score (nSPS) is 11.1. The van der Waals surface area contributed by atoms with Crippen LogP contribution in [0.4, 0.5) is 5.69 Å². The highest BCUT2D eigenvalue weighted by Gasteiger charge is 2.17. The first-order chi connectivity index (χ1) is 15.6. The van der Waals surface area contributed by atoms with Crippen LogP contribution in [0.2, 0.25) is 0 Å². The fourth-order valence-corrected chi connectivity index (χ4v) is 3.80. The van der Waals surface area contributed by atoms with Gasteiger partial charge in [0.2, 0.25) is 0 Å². The van der Waals surface area contributed by atoms with Gasteiger partial charge in [0.25, 0.3) is 5.91 Å². The van der Waals surface area contributed by atoms with Crippen molar-refractivity contribution in [1.29, 1.82) is 5.26 Å². The third-order valence-corrected chi connectivity index (χ3v) is 5.22. The van der Waals surface area contributed by atoms with Gasteiger partial charge in [0.1, 0.15) is 11.6 Å². The molecule has 0 saturated carbocycles. The molecule has 0 spiro atoms. The van der Waals surface area contributed by atoms with Crippen LogP contribution < -0.4 is 5.32 Å². The number of benzene rings is 3. The molecule has 4 aromatic rings. The summed E-state index contributed by atoms with van der Waals surface area (Å²) in [4.78, 5) is 12.9. The van der Waals surface area contributed by atoms with Gasteiger partial charge in [0.05, 0.1) is 5.69 Å². The Morgan fingerprint density at radius 3 is 2.25 bits per heavy atom. The summed E-state index contributed by atoms with van der Waals surface area (Å²) in [6.07, 6.45) is 1.67. The number of anilines is 1. The van der Waals surface area contributed by atoms with Crippen LogP contribution >= 0.6 is 0 Å². The minimum Gasteiger partial charge on any atom is -0.321 e. The van der Waals surface area contributed by atoms with Crippen LogP contribution in [0.5, 0.6) is 0 Å². The SMILES string of the molecule is Cc1cccc(NC(=O)/C(C#N)=C\c2cc(C)n(-c3ccccc3)c2-c2ccccc2)c1. The molecule has 0 fully saturated rings. The zero-order chi connectivity index (χ0) is 22.5. The van der Waals surface area contributed by atoms with Gasteiger partial charge < -0.3 is 9.88 Å². The summed E-state index contributed by atoms with van der Waals surface area (Å²) in [7, 11) is 0. The Balaban J connectivity index is 1.81. The molecule has 0 unspecified atom stereocenters. The molecule has 0 saturated heterocycles. The molecule has 0 bridgehead atoms. The molecule has 4 heteroatoms. The molecule has 0 radical (unpaired) electrons. The number of carbonyl (C=O) groups is 1. The Morgan fingerprint density at radius 2 is 1.59 bits per heavy atom. The highest BCUT2D eigenvalue weighted by molar-refractivity contribution is 6.10. The molecule has 4 nitrogen and oxygen atoms in total. The maximum Gasteiger partial charge on any atom is 0.266 e. The van der Waals surface area contributed by atoms with E-state index < -0.39 is 5.91 Å². The standard InChI is InChI=1S/C28H23N3O/c1-20-10-9-13-25(16-20)30-28(32)24(19-29)18-23-17-21(2)31(26-14-7-4-8-15-26)27(23)22-11-5-3-6-12-22/h3-18H,1-2H3,(H,30,32)/b24-18-. The number of aryl methyl sites for hydroxylation is 2. The number of nitrogens with zero attached hydrogens (tertiary/aromatic N) is 2. The number of carbonyl (C=O) groups excluding carboxylic acids is 1. The highest BCUT2D eigenvalue weighted by atomic mass is 16.1. The second-order valence-electron chi connectivity index (χ2n) is 7.62. The average Bonchev–Trinajstić information content (AvgIpc) is 3.14. The van der Waals surface area contributed by atoms with Gasteiger partial charge in [-0.1, -0.05) is 60.7 Å². The van der Waals surface area contributed by atoms with Crippen molar-refractivity contribution >= 4 is 17.7 Å². The number of hydrogen-bond acceptors (Lipinski definition) is 2. The molecule has 3 aromatic carbocycles. The van der Waals surface area contributed by atoms with E-state index in [2.05, 4.69) is 16.0 Å². The Morgan fingerprint density at radius 1 is 0.906 bits per heavy atom. The van der Waals surface area contributed by atoms with Crippen LogP contribution in [-0.2, 0) is 4.79 Å². The van der Waals surface area contributed by atoms with E-state index >= 15 is 0 Å². The minimum absolute atomic E-state index is 0.0499. The molecule has 0 aliphatic heterocycles. The zero-order valence-corrected chi connectivity index (χ0v) is 18.0. The molecule has 156 valence electrons. The zero-order valence-electron chi connectivity index (χ0n) is 18.0. The summed E-state index contributed by atoms with van der Waals surface area (Å²) >= 11 is 0. The quantitative estimate of drug-likeness (QED) is 0.306. The van der Waals surface area contributed by atoms with Crippen molar-refractivity contribution in [3.05, 3.63) is 113 Å². The van der Waals surface area contributed by atoms with Crippen molar-refractivity contribution in [3.8, 4) is 23.0 Å². The van der Waals surface area contributed by atoms with E-state index in [1.165, 1.54) is 0 Å². The van der Waals surface area contributed by atoms with Gasteiger partial charge in [-0.2, -0.15) is 5.26 Å². The summed E-state index contributed by atoms with van der Waals surface area (Å²) < 4.78 is 2.15. The monoisotopic (exact) mass is 417 g/mol. The third-order valence-electron chi connectivity index (χ3n) is 5.22. The molecular weight excluding hydrogens is 394 g/mol. The first-order valence-corrected chi connectivity index (χ1v) is 10.4. The van der Waals surface area contributed by atoms with Crippen LogP contribution in [0, 0.1) is 25.2 Å². The summed E-state index contributed by atoms with van der Waals surface area (Å²) in [6.45, 7) is 3.98. The molecule has 1 amide bonds. The number of nitriles is 1. The summed E-state index contributed by atoms with van der Waals surface area (Å²) in [5.41, 5.74) is 6.54. The maximum absolute atomic E-state index is 12.9. The van der Waals surface area contributed by atoms with Gasteiger partial charge in [-0.25, -0.2) is 0 Å². The number of nitrogens with one attached hydrogen (secondary N) is 1. The number of hydrogen-bond donors (Lipinski definition) is 1. The largest absolute Gasteiger partial charge is 0.321 e. The third kappa shape index (κ3) is 4.38. The number of amides is 1. The predicted molar refractivity (Wildman–Crippen MR) is 129 cm³/mol. The Labute approximate surface area is 188 Å². The smallest absolute Gasteiger partial charge is 0.266 e. The van der Waals surface area contributed by atoms with Crippen molar-refractivity contribution in [2.45, 2.75) is 13.8 Å². The molecular formula is C28H23N3O. The molecule has 0 atom stereocenters. The Kier molecular flexibility index (Phi) is 6.00. The number of para-hydroxylation sites is 1. The predicted octanol–water partition coefficient (Wildman–Crippen LogP) is 6.31. The van der Waals surface area contributed by atoms with Crippen LogP contribution in [0.25, 0.3) is 23.0 Å². The fraction of sp³-hybridized carbons (Fsp3) is 0.0714. The van der Waals surface area contributed by atoms with E-state index in [1.807, 2.05) is 105 Å². The lowest BCUT2D eigenvalue weighted by atomic mass is 10.0. The lowest BCUT2D eigenvalue weighted by Gasteiger charge is -2.13. The topological polar surface area (TPSA) is 57.8 Å². The van der Waals surface area contributed by atoms with Gasteiger partial charge in [-0.15, -0.1) is 0 Å². The molecule has 0 aliphatic carbocycles. The van der Waals surface area contributed by atoms with Gasteiger partial charge in [0.15, 0.2) is 0 Å². The van der Waals surface area contributed by atoms with Gasteiger partial charge in [-0.05, 0) is 61.4 Å². The molecule has 1 N–H and O–H groups in total. The van der Waals surface area contributed by atoms with Crippen LogP contribution in [0.1, 0.15) is 16.8 Å². The van der Waals surface area contributed by atoms with Crippen molar-refractivity contribution in [3.63, 3.8) is 0 Å². The summed E-state index contributed by atoms with van der Waals surface area (Å²) in [6, 6.07) is 31.7. The summed E-state index contributed by atoms with van der Waals surface area (Å²) in [5.74, 6) is -0.428. The highest BCUT2D eigenvalue weighted by Crippen LogP contribution is 2.32. The van der Waals surface area contributed by atoms with E-state index in [0.29, 0.717) is 5.69 Å². The molecule has 32 heavy (non-hydrogen) atoms. The van der Waals surface area contributed by atoms with E-state index in [0.717, 1.165) is 33.8 Å². The van der Waals surface area contributed by atoms with Crippen LogP contribution in [0.3, 0.4) is 0 Å². The van der Waals surface area contributed by atoms with Gasteiger partial charge >= 0.3 is 0 Å². The first kappa shape index (κ1) is 20.9. The first-order valence-electron chi connectivity index (χ1n) is 10.4. The number of rotatable bonds is 5. The molecule has 4 rings (SSSR count). The van der Waals surface area contributed by atoms with E-state index in [9.17, 15) is 10.1 Å². The lowest BCUT2D eigenvalue weighted by Crippen LogP contribution is -2.13. The average molecular weight is 418 g/mol. The Bertz CT molecular complexity index is 1330. The van der Waals surface area contributed by atoms with Crippen molar-refractivity contribution in [2.24, 2.45) is 0 Å². The Hall–Kier alpha value is -4.36.